The van der Waals surface area contributed by atoms with Gasteiger partial charge in [0.25, 0.3) is 0 Å². The van der Waals surface area contributed by atoms with Crippen molar-refractivity contribution in [3.05, 3.63) is 41.7 Å². The first kappa shape index (κ1) is 17.7. The maximum atomic E-state index is 12.1. The smallest absolute Gasteiger partial charge is 0.365 e. The fourth-order valence-electron chi connectivity index (χ4n) is 1.96. The molecule has 0 bridgehead atoms. The second kappa shape index (κ2) is 9.57. The number of nitrogens with two attached hydrogens (primary N) is 2. The number of carbonyl (C=O) groups is 2. The minimum atomic E-state index is -0.244. The first-order chi connectivity index (χ1) is 10.6. The number of amides is 1. The Morgan fingerprint density at radius 2 is 1.91 bits per heavy atom. The molecule has 0 radical (unpaired) electrons. The number of esters is 1. The summed E-state index contributed by atoms with van der Waals surface area (Å²) < 4.78 is 4.86. The zero-order chi connectivity index (χ0) is 16.4. The van der Waals surface area contributed by atoms with E-state index in [-0.39, 0.29) is 17.6 Å². The van der Waals surface area contributed by atoms with Gasteiger partial charge in [-0.1, -0.05) is 18.2 Å². The standard InChI is InChI=1S/C16H23N3O3/c1-3-22-14(20)11-7-10-13(18-2)15(17)16(21)19-12-8-5-4-6-9-12/h4-6,8-9,18H,3,7,10-11,17H2,1-2H3,(H,19,21)/p+1/b15-13+. The molecule has 0 aromatic heterocycles. The van der Waals surface area contributed by atoms with E-state index < -0.39 is 0 Å². The van der Waals surface area contributed by atoms with Crippen LogP contribution in [0.15, 0.2) is 41.7 Å². The quantitative estimate of drug-likeness (QED) is 0.370. The zero-order valence-corrected chi connectivity index (χ0v) is 13.1. The molecule has 0 unspecified atom stereocenters. The number of hydrogen-bond acceptors (Lipinski definition) is 5. The average Bonchev–Trinajstić information content (AvgIpc) is 2.52. The van der Waals surface area contributed by atoms with E-state index in [1.54, 1.807) is 14.0 Å². The van der Waals surface area contributed by atoms with Gasteiger partial charge in [0.2, 0.25) is 0 Å². The third kappa shape index (κ3) is 5.97. The molecule has 0 aliphatic heterocycles. The van der Waals surface area contributed by atoms with E-state index >= 15 is 0 Å². The highest BCUT2D eigenvalue weighted by Gasteiger charge is 2.16. The molecule has 0 spiro atoms. The predicted molar refractivity (Wildman–Crippen MR) is 83.8 cm³/mol. The number of rotatable bonds is 8. The fraction of sp³-hybridized carbons (Fsp3) is 0.375. The minimum Gasteiger partial charge on any atom is -0.466 e. The highest BCUT2D eigenvalue weighted by Crippen LogP contribution is 2.07. The van der Waals surface area contributed by atoms with Gasteiger partial charge in [-0.05, 0) is 31.9 Å². The topological polar surface area (TPSA) is 98.0 Å². The van der Waals surface area contributed by atoms with E-state index in [0.717, 1.165) is 5.69 Å². The zero-order valence-electron chi connectivity index (χ0n) is 13.1. The molecule has 0 aliphatic carbocycles. The first-order valence-corrected chi connectivity index (χ1v) is 7.34. The molecule has 5 N–H and O–H groups in total. The van der Waals surface area contributed by atoms with Crippen LogP contribution >= 0.6 is 0 Å². The Labute approximate surface area is 130 Å². The van der Waals surface area contributed by atoms with Gasteiger partial charge in [0.1, 0.15) is 5.69 Å². The summed E-state index contributed by atoms with van der Waals surface area (Å²) in [7, 11) is 1.71. The molecule has 0 saturated heterocycles. The van der Waals surface area contributed by atoms with Crippen molar-refractivity contribution in [2.75, 3.05) is 13.7 Å². The van der Waals surface area contributed by atoms with Gasteiger partial charge in [0.05, 0.1) is 6.61 Å². The lowest BCUT2D eigenvalue weighted by atomic mass is 10.1. The van der Waals surface area contributed by atoms with Crippen LogP contribution in [-0.4, -0.2) is 25.5 Å². The molecule has 6 heteroatoms. The molecule has 1 aromatic carbocycles. The van der Waals surface area contributed by atoms with Gasteiger partial charge in [-0.3, -0.25) is 4.79 Å². The molecular weight excluding hydrogens is 282 g/mol. The van der Waals surface area contributed by atoms with Gasteiger partial charge in [-0.2, -0.15) is 0 Å². The third-order valence-corrected chi connectivity index (χ3v) is 3.10. The highest BCUT2D eigenvalue weighted by molar-refractivity contribution is 5.86. The number of allylic oxidation sites excluding steroid dienone is 1. The molecule has 6 nitrogen and oxygen atoms in total. The van der Waals surface area contributed by atoms with Crippen molar-refractivity contribution in [3.63, 3.8) is 0 Å². The minimum absolute atomic E-state index is 0.176. The summed E-state index contributed by atoms with van der Waals surface area (Å²) in [5, 5.41) is 4.43. The summed E-state index contributed by atoms with van der Waals surface area (Å²) in [5.41, 5.74) is 7.54. The Bertz CT molecular complexity index is 527. The summed E-state index contributed by atoms with van der Waals surface area (Å²) in [6, 6.07) is 9.28. The number of benzene rings is 1. The van der Waals surface area contributed by atoms with E-state index in [0.29, 0.717) is 31.6 Å². The van der Waals surface area contributed by atoms with Crippen molar-refractivity contribution in [3.8, 4) is 0 Å². The third-order valence-electron chi connectivity index (χ3n) is 3.10. The van der Waals surface area contributed by atoms with E-state index in [2.05, 4.69) is 5.32 Å². The largest absolute Gasteiger partial charge is 0.466 e. The lowest BCUT2D eigenvalue weighted by molar-refractivity contribution is -0.479. The number of carbonyl (C=O) groups excluding carboxylic acids is 2. The van der Waals surface area contributed by atoms with Crippen molar-refractivity contribution < 1.29 is 19.6 Å². The van der Waals surface area contributed by atoms with Gasteiger partial charge in [0.15, 0.2) is 5.70 Å². The molecule has 1 amide bonds. The van der Waals surface area contributed by atoms with Crippen molar-refractivity contribution in [2.24, 2.45) is 5.73 Å². The SMILES string of the molecule is CCOC(=O)CCC/C(NC)=C(\N)C(=O)[NH2+]c1ccccc1. The van der Waals surface area contributed by atoms with Crippen LogP contribution in [0.25, 0.3) is 0 Å². The van der Waals surface area contributed by atoms with Crippen LogP contribution in [0.3, 0.4) is 0 Å². The van der Waals surface area contributed by atoms with E-state index in [4.69, 9.17) is 10.5 Å². The highest BCUT2D eigenvalue weighted by atomic mass is 16.5. The van der Waals surface area contributed by atoms with E-state index in [1.807, 2.05) is 30.3 Å². The van der Waals surface area contributed by atoms with Gasteiger partial charge < -0.3 is 15.8 Å². The van der Waals surface area contributed by atoms with Gasteiger partial charge in [0, 0.05) is 19.2 Å². The summed E-state index contributed by atoms with van der Waals surface area (Å²) in [4.78, 5) is 23.4. The Kier molecular flexibility index (Phi) is 7.70. The molecule has 0 atom stereocenters. The maximum Gasteiger partial charge on any atom is 0.365 e. The number of hydrogen-bond donors (Lipinski definition) is 3. The Morgan fingerprint density at radius 3 is 2.50 bits per heavy atom. The lowest BCUT2D eigenvalue weighted by Gasteiger charge is -2.09. The normalized spacial score (nSPS) is 11.5. The lowest BCUT2D eigenvalue weighted by Crippen LogP contribution is -2.83. The monoisotopic (exact) mass is 306 g/mol. The molecule has 0 fully saturated rings. The molecular formula is C16H24N3O3+. The number of primary amides is 1. The summed E-state index contributed by atoms with van der Waals surface area (Å²) in [5.74, 6) is -0.481. The number of para-hydroxylation sites is 1. The number of nitrogens with one attached hydrogen (secondary N) is 1. The summed E-state index contributed by atoms with van der Waals surface area (Å²) >= 11 is 0. The molecule has 1 aromatic rings. The molecule has 1 rings (SSSR count). The Hall–Kier alpha value is -2.34. The Morgan fingerprint density at radius 1 is 1.23 bits per heavy atom. The van der Waals surface area contributed by atoms with Crippen LogP contribution < -0.4 is 16.4 Å². The Balaban J connectivity index is 2.59. The van der Waals surface area contributed by atoms with Crippen molar-refractivity contribution in [2.45, 2.75) is 26.2 Å². The second-order valence-electron chi connectivity index (χ2n) is 4.72. The fourth-order valence-corrected chi connectivity index (χ4v) is 1.96. The van der Waals surface area contributed by atoms with Gasteiger partial charge in [-0.25, -0.2) is 10.1 Å². The summed E-state index contributed by atoms with van der Waals surface area (Å²) in [6.45, 7) is 2.15. The average molecular weight is 306 g/mol. The van der Waals surface area contributed by atoms with Crippen LogP contribution in [0.4, 0.5) is 5.69 Å². The van der Waals surface area contributed by atoms with Crippen LogP contribution in [0, 0.1) is 0 Å². The van der Waals surface area contributed by atoms with Crippen LogP contribution in [0.5, 0.6) is 0 Å². The van der Waals surface area contributed by atoms with Crippen molar-refractivity contribution >= 4 is 17.6 Å². The predicted octanol–water partition coefficient (Wildman–Crippen LogP) is 0.531. The van der Waals surface area contributed by atoms with Crippen molar-refractivity contribution in [1.29, 1.82) is 0 Å². The first-order valence-electron chi connectivity index (χ1n) is 7.34. The summed E-state index contributed by atoms with van der Waals surface area (Å²) in [6.07, 6.45) is 1.41. The second-order valence-corrected chi connectivity index (χ2v) is 4.72. The van der Waals surface area contributed by atoms with Crippen molar-refractivity contribution in [1.82, 2.24) is 5.32 Å². The van der Waals surface area contributed by atoms with E-state index in [9.17, 15) is 9.59 Å². The van der Waals surface area contributed by atoms with Gasteiger partial charge >= 0.3 is 11.9 Å². The number of quaternary nitrogens is 1. The molecule has 22 heavy (non-hydrogen) atoms. The van der Waals surface area contributed by atoms with Crippen LogP contribution in [0.2, 0.25) is 0 Å². The molecule has 120 valence electrons. The van der Waals surface area contributed by atoms with E-state index in [1.165, 1.54) is 5.32 Å². The molecule has 0 heterocycles. The molecule has 0 aliphatic rings. The number of ether oxygens (including phenoxy) is 1. The van der Waals surface area contributed by atoms with Crippen LogP contribution in [-0.2, 0) is 14.3 Å². The van der Waals surface area contributed by atoms with Crippen LogP contribution in [0.1, 0.15) is 26.2 Å². The molecule has 0 saturated carbocycles. The van der Waals surface area contributed by atoms with Gasteiger partial charge in [-0.15, -0.1) is 0 Å². The maximum absolute atomic E-state index is 12.1.